The number of rotatable bonds is 4. The summed E-state index contributed by atoms with van der Waals surface area (Å²) in [5, 5.41) is 12.4. The first kappa shape index (κ1) is 18.1. The van der Waals surface area contributed by atoms with Crippen LogP contribution in [-0.4, -0.2) is 53.2 Å². The molecule has 1 aliphatic rings. The van der Waals surface area contributed by atoms with E-state index in [1.54, 1.807) is 16.3 Å². The van der Waals surface area contributed by atoms with Crippen molar-refractivity contribution in [3.63, 3.8) is 0 Å². The number of amides is 1. The van der Waals surface area contributed by atoms with Crippen LogP contribution in [0, 0.1) is 0 Å². The van der Waals surface area contributed by atoms with Gasteiger partial charge in [0, 0.05) is 32.6 Å². The molecule has 1 aliphatic heterocycles. The van der Waals surface area contributed by atoms with E-state index >= 15 is 0 Å². The van der Waals surface area contributed by atoms with Crippen LogP contribution in [0.25, 0.3) is 5.69 Å². The van der Waals surface area contributed by atoms with Crippen LogP contribution >= 0.6 is 0 Å². The highest BCUT2D eigenvalue weighted by Crippen LogP contribution is 2.26. The highest BCUT2D eigenvalue weighted by atomic mass is 16.2. The molecule has 1 atom stereocenters. The Hall–Kier alpha value is -3.23. The van der Waals surface area contributed by atoms with Crippen molar-refractivity contribution in [2.45, 2.75) is 32.2 Å². The second-order valence-electron chi connectivity index (χ2n) is 6.97. The first-order chi connectivity index (χ1) is 13.6. The van der Waals surface area contributed by atoms with Gasteiger partial charge >= 0.3 is 5.69 Å². The number of benzene rings is 1. The van der Waals surface area contributed by atoms with Crippen molar-refractivity contribution in [1.29, 1.82) is 0 Å². The summed E-state index contributed by atoms with van der Waals surface area (Å²) in [6, 6.07) is 9.48. The van der Waals surface area contributed by atoms with E-state index in [4.69, 9.17) is 0 Å². The summed E-state index contributed by atoms with van der Waals surface area (Å²) in [4.78, 5) is 27.2. The molecule has 0 bridgehead atoms. The standard InChI is InChI=1S/C19H23N7O2/c1-3-25-17(21-23(2)19(25)28)14-8-7-11-24(13-14)18(27)16-12-20-22-26(16)15-9-5-4-6-10-15/h4-6,9-10,12,14H,3,7-8,11,13H2,1-2H3/t14-/m1/s1. The highest BCUT2D eigenvalue weighted by molar-refractivity contribution is 5.93. The minimum absolute atomic E-state index is 0.0348. The summed E-state index contributed by atoms with van der Waals surface area (Å²) >= 11 is 0. The minimum atomic E-state index is -0.118. The van der Waals surface area contributed by atoms with Crippen LogP contribution in [0.1, 0.15) is 42.0 Å². The van der Waals surface area contributed by atoms with Crippen molar-refractivity contribution >= 4 is 5.91 Å². The van der Waals surface area contributed by atoms with Gasteiger partial charge in [-0.3, -0.25) is 9.36 Å². The second kappa shape index (κ2) is 7.41. The zero-order valence-corrected chi connectivity index (χ0v) is 16.0. The number of likely N-dealkylation sites (tertiary alicyclic amines) is 1. The van der Waals surface area contributed by atoms with E-state index in [0.717, 1.165) is 24.4 Å². The van der Waals surface area contributed by atoms with Crippen molar-refractivity contribution in [2.75, 3.05) is 13.1 Å². The Bertz CT molecular complexity index is 1030. The van der Waals surface area contributed by atoms with E-state index in [1.165, 1.54) is 10.9 Å². The van der Waals surface area contributed by atoms with Gasteiger partial charge in [-0.2, -0.15) is 5.10 Å². The van der Waals surface area contributed by atoms with Gasteiger partial charge in [0.05, 0.1) is 11.9 Å². The summed E-state index contributed by atoms with van der Waals surface area (Å²) in [6.07, 6.45) is 3.26. The summed E-state index contributed by atoms with van der Waals surface area (Å²) in [7, 11) is 1.66. The fourth-order valence-electron chi connectivity index (χ4n) is 3.80. The van der Waals surface area contributed by atoms with Gasteiger partial charge < -0.3 is 4.90 Å². The maximum Gasteiger partial charge on any atom is 0.345 e. The highest BCUT2D eigenvalue weighted by Gasteiger charge is 2.31. The molecular formula is C19H23N7O2. The van der Waals surface area contributed by atoms with Gasteiger partial charge in [-0.25, -0.2) is 14.2 Å². The predicted octanol–water partition coefficient (Wildman–Crippen LogP) is 1.20. The van der Waals surface area contributed by atoms with E-state index in [-0.39, 0.29) is 17.5 Å². The van der Waals surface area contributed by atoms with E-state index in [1.807, 2.05) is 42.2 Å². The predicted molar refractivity (Wildman–Crippen MR) is 102 cm³/mol. The van der Waals surface area contributed by atoms with Crippen LogP contribution in [0.3, 0.4) is 0 Å². The van der Waals surface area contributed by atoms with Gasteiger partial charge in [0.2, 0.25) is 0 Å². The summed E-state index contributed by atoms with van der Waals surface area (Å²) < 4.78 is 4.62. The SMILES string of the molecule is CCn1c([C@@H]2CCCN(C(=O)c3cnnn3-c3ccccc3)C2)nn(C)c1=O. The molecule has 0 radical (unpaired) electrons. The molecule has 146 valence electrons. The first-order valence-electron chi connectivity index (χ1n) is 9.49. The van der Waals surface area contributed by atoms with E-state index < -0.39 is 0 Å². The van der Waals surface area contributed by atoms with Crippen molar-refractivity contribution in [2.24, 2.45) is 7.05 Å². The van der Waals surface area contributed by atoms with Crippen LogP contribution < -0.4 is 5.69 Å². The van der Waals surface area contributed by atoms with Crippen molar-refractivity contribution < 1.29 is 4.79 Å². The van der Waals surface area contributed by atoms with Crippen LogP contribution in [0.15, 0.2) is 41.3 Å². The van der Waals surface area contributed by atoms with Crippen molar-refractivity contribution in [1.82, 2.24) is 34.2 Å². The van der Waals surface area contributed by atoms with Crippen LogP contribution in [0.5, 0.6) is 0 Å². The van der Waals surface area contributed by atoms with Gasteiger partial charge in [-0.05, 0) is 31.9 Å². The number of aryl methyl sites for hydroxylation is 1. The fraction of sp³-hybridized carbons (Fsp3) is 0.421. The van der Waals surface area contributed by atoms with Crippen molar-refractivity contribution in [3.8, 4) is 5.69 Å². The summed E-state index contributed by atoms with van der Waals surface area (Å²) in [5.74, 6) is 0.676. The third-order valence-electron chi connectivity index (χ3n) is 5.20. The molecule has 28 heavy (non-hydrogen) atoms. The fourth-order valence-corrected chi connectivity index (χ4v) is 3.80. The van der Waals surface area contributed by atoms with Gasteiger partial charge in [-0.1, -0.05) is 23.4 Å². The number of hydrogen-bond acceptors (Lipinski definition) is 5. The number of carbonyl (C=O) groups is 1. The zero-order valence-electron chi connectivity index (χ0n) is 16.0. The van der Waals surface area contributed by atoms with E-state index in [0.29, 0.717) is 25.3 Å². The third-order valence-corrected chi connectivity index (χ3v) is 5.20. The van der Waals surface area contributed by atoms with Crippen LogP contribution in [0.2, 0.25) is 0 Å². The lowest BCUT2D eigenvalue weighted by Crippen LogP contribution is -2.40. The Labute approximate surface area is 162 Å². The molecule has 4 rings (SSSR count). The monoisotopic (exact) mass is 381 g/mol. The average molecular weight is 381 g/mol. The molecule has 0 aliphatic carbocycles. The molecule has 9 heteroatoms. The van der Waals surface area contributed by atoms with Gasteiger partial charge in [0.1, 0.15) is 5.82 Å². The molecule has 1 saturated heterocycles. The average Bonchev–Trinajstić information content (AvgIpc) is 3.33. The molecular weight excluding hydrogens is 358 g/mol. The molecule has 9 nitrogen and oxygen atoms in total. The second-order valence-corrected chi connectivity index (χ2v) is 6.97. The maximum atomic E-state index is 13.2. The Morgan fingerprint density at radius 2 is 2.04 bits per heavy atom. The largest absolute Gasteiger partial charge is 0.345 e. The molecule has 0 saturated carbocycles. The number of para-hydroxylation sites is 1. The molecule has 0 spiro atoms. The number of hydrogen-bond donors (Lipinski definition) is 0. The van der Waals surface area contributed by atoms with Gasteiger partial charge in [-0.15, -0.1) is 5.10 Å². The molecule has 0 unspecified atom stereocenters. The Kier molecular flexibility index (Phi) is 4.81. The normalized spacial score (nSPS) is 17.1. The smallest absolute Gasteiger partial charge is 0.337 e. The molecule has 2 aromatic heterocycles. The number of nitrogens with zero attached hydrogens (tertiary/aromatic N) is 7. The van der Waals surface area contributed by atoms with E-state index in [2.05, 4.69) is 15.4 Å². The molecule has 1 fully saturated rings. The minimum Gasteiger partial charge on any atom is -0.337 e. The van der Waals surface area contributed by atoms with E-state index in [9.17, 15) is 9.59 Å². The lowest BCUT2D eigenvalue weighted by Gasteiger charge is -2.32. The van der Waals surface area contributed by atoms with Crippen molar-refractivity contribution in [3.05, 3.63) is 58.5 Å². The first-order valence-corrected chi connectivity index (χ1v) is 9.49. The topological polar surface area (TPSA) is 90.8 Å². The lowest BCUT2D eigenvalue weighted by atomic mass is 9.97. The Balaban J connectivity index is 1.60. The maximum absolute atomic E-state index is 13.2. The summed E-state index contributed by atoms with van der Waals surface area (Å²) in [6.45, 7) is 3.69. The van der Waals surface area contributed by atoms with Crippen LogP contribution in [-0.2, 0) is 13.6 Å². The Morgan fingerprint density at radius 3 is 2.79 bits per heavy atom. The zero-order chi connectivity index (χ0) is 19.7. The third kappa shape index (κ3) is 3.12. The number of piperidine rings is 1. The summed E-state index contributed by atoms with van der Waals surface area (Å²) in [5.41, 5.74) is 1.11. The number of aromatic nitrogens is 6. The lowest BCUT2D eigenvalue weighted by molar-refractivity contribution is 0.0694. The number of carbonyl (C=O) groups excluding carboxylic acids is 1. The molecule has 3 aromatic rings. The van der Waals surface area contributed by atoms with Gasteiger partial charge in [0.15, 0.2) is 5.69 Å². The van der Waals surface area contributed by atoms with Gasteiger partial charge in [0.25, 0.3) is 5.91 Å². The van der Waals surface area contributed by atoms with Crippen LogP contribution in [0.4, 0.5) is 0 Å². The molecule has 0 N–H and O–H groups in total. The quantitative estimate of drug-likeness (QED) is 0.677. The Morgan fingerprint density at radius 1 is 1.25 bits per heavy atom. The molecule has 1 aromatic carbocycles. The molecule has 1 amide bonds. The molecule has 3 heterocycles.